The average molecular weight is 302 g/mol. The summed E-state index contributed by atoms with van der Waals surface area (Å²) in [7, 11) is 1.95. The van der Waals surface area contributed by atoms with Crippen LogP contribution in [0.1, 0.15) is 21.1 Å². The molecule has 2 aromatic heterocycles. The van der Waals surface area contributed by atoms with Crippen molar-refractivity contribution in [2.24, 2.45) is 0 Å². The second-order valence-electron chi connectivity index (χ2n) is 4.64. The lowest BCUT2D eigenvalue weighted by Crippen LogP contribution is -2.23. The van der Waals surface area contributed by atoms with Crippen LogP contribution >= 0.6 is 11.3 Å². The third-order valence-electron chi connectivity index (χ3n) is 2.85. The topological polar surface area (TPSA) is 58.1 Å². The SMILES string of the molecule is C=CCNC(=O)c1ccc(N(C)Cc2nc(C)cs2)nc1. The van der Waals surface area contributed by atoms with Crippen LogP contribution in [0.4, 0.5) is 5.82 Å². The van der Waals surface area contributed by atoms with Crippen molar-refractivity contribution in [2.75, 3.05) is 18.5 Å². The number of nitrogens with one attached hydrogen (secondary N) is 1. The van der Waals surface area contributed by atoms with Gasteiger partial charge in [0.05, 0.1) is 12.1 Å². The Hall–Kier alpha value is -2.21. The number of aromatic nitrogens is 2. The van der Waals surface area contributed by atoms with Crippen molar-refractivity contribution < 1.29 is 4.79 Å². The van der Waals surface area contributed by atoms with E-state index in [1.807, 2.05) is 30.3 Å². The molecule has 2 aromatic rings. The third kappa shape index (κ3) is 4.13. The summed E-state index contributed by atoms with van der Waals surface area (Å²) >= 11 is 1.64. The van der Waals surface area contributed by atoms with Gasteiger partial charge in [-0.2, -0.15) is 0 Å². The summed E-state index contributed by atoms with van der Waals surface area (Å²) in [4.78, 5) is 22.5. The summed E-state index contributed by atoms with van der Waals surface area (Å²) in [6.45, 7) is 6.69. The zero-order chi connectivity index (χ0) is 15.2. The lowest BCUT2D eigenvalue weighted by molar-refractivity contribution is 0.0957. The first-order valence-corrected chi connectivity index (χ1v) is 7.45. The molecule has 110 valence electrons. The van der Waals surface area contributed by atoms with Gasteiger partial charge >= 0.3 is 0 Å². The molecule has 0 aliphatic carbocycles. The molecule has 0 saturated carbocycles. The van der Waals surface area contributed by atoms with Crippen LogP contribution in [0, 0.1) is 6.92 Å². The summed E-state index contributed by atoms with van der Waals surface area (Å²) in [6, 6.07) is 3.60. The van der Waals surface area contributed by atoms with Crippen LogP contribution in [0.5, 0.6) is 0 Å². The molecule has 0 bridgehead atoms. The number of anilines is 1. The highest BCUT2D eigenvalue weighted by Crippen LogP contribution is 2.16. The summed E-state index contributed by atoms with van der Waals surface area (Å²) < 4.78 is 0. The van der Waals surface area contributed by atoms with E-state index in [1.165, 1.54) is 0 Å². The molecular formula is C15H18N4OS. The van der Waals surface area contributed by atoms with Gasteiger partial charge in [-0.15, -0.1) is 17.9 Å². The monoisotopic (exact) mass is 302 g/mol. The van der Waals surface area contributed by atoms with E-state index in [4.69, 9.17) is 0 Å². The quantitative estimate of drug-likeness (QED) is 0.833. The molecule has 1 amide bonds. The highest BCUT2D eigenvalue weighted by molar-refractivity contribution is 7.09. The molecule has 0 saturated heterocycles. The highest BCUT2D eigenvalue weighted by atomic mass is 32.1. The zero-order valence-electron chi connectivity index (χ0n) is 12.2. The highest BCUT2D eigenvalue weighted by Gasteiger charge is 2.09. The standard InChI is InChI=1S/C15H18N4OS/c1-4-7-16-15(20)12-5-6-13(17-8-12)19(3)9-14-18-11(2)10-21-14/h4-6,8,10H,1,7,9H2,2-3H3,(H,16,20). The maximum absolute atomic E-state index is 11.8. The fourth-order valence-electron chi connectivity index (χ4n) is 1.77. The molecule has 2 rings (SSSR count). The zero-order valence-corrected chi connectivity index (χ0v) is 13.0. The maximum atomic E-state index is 11.8. The van der Waals surface area contributed by atoms with Crippen LogP contribution in [-0.4, -0.2) is 29.5 Å². The van der Waals surface area contributed by atoms with E-state index in [-0.39, 0.29) is 5.91 Å². The van der Waals surface area contributed by atoms with Crippen molar-refractivity contribution in [1.29, 1.82) is 0 Å². The second kappa shape index (κ2) is 6.99. The number of thiazole rings is 1. The van der Waals surface area contributed by atoms with Crippen molar-refractivity contribution >= 4 is 23.1 Å². The van der Waals surface area contributed by atoms with Crippen molar-refractivity contribution in [3.05, 3.63) is 52.6 Å². The van der Waals surface area contributed by atoms with E-state index >= 15 is 0 Å². The van der Waals surface area contributed by atoms with Gasteiger partial charge < -0.3 is 10.2 Å². The number of nitrogens with zero attached hydrogens (tertiary/aromatic N) is 3. The maximum Gasteiger partial charge on any atom is 0.253 e. The van der Waals surface area contributed by atoms with Gasteiger partial charge in [0.15, 0.2) is 0 Å². The van der Waals surface area contributed by atoms with Gasteiger partial charge in [0.25, 0.3) is 5.91 Å². The predicted octanol–water partition coefficient (Wildman–Crippen LogP) is 2.40. The fourth-order valence-corrected chi connectivity index (χ4v) is 2.60. The Morgan fingerprint density at radius 3 is 2.90 bits per heavy atom. The molecule has 5 nitrogen and oxygen atoms in total. The van der Waals surface area contributed by atoms with E-state index in [9.17, 15) is 4.79 Å². The van der Waals surface area contributed by atoms with Crippen molar-refractivity contribution in [2.45, 2.75) is 13.5 Å². The molecule has 0 aliphatic rings. The van der Waals surface area contributed by atoms with E-state index in [1.54, 1.807) is 29.7 Å². The number of hydrogen-bond acceptors (Lipinski definition) is 5. The van der Waals surface area contributed by atoms with E-state index in [0.29, 0.717) is 18.7 Å². The average Bonchev–Trinajstić information content (AvgIpc) is 2.90. The van der Waals surface area contributed by atoms with Crippen molar-refractivity contribution in [3.63, 3.8) is 0 Å². The molecule has 6 heteroatoms. The van der Waals surface area contributed by atoms with Crippen LogP contribution in [-0.2, 0) is 6.54 Å². The first-order valence-electron chi connectivity index (χ1n) is 6.57. The predicted molar refractivity (Wildman–Crippen MR) is 85.7 cm³/mol. The largest absolute Gasteiger partial charge is 0.353 e. The molecule has 1 N–H and O–H groups in total. The lowest BCUT2D eigenvalue weighted by atomic mass is 10.2. The number of amides is 1. The minimum absolute atomic E-state index is 0.146. The second-order valence-corrected chi connectivity index (χ2v) is 5.59. The molecule has 2 heterocycles. The van der Waals surface area contributed by atoms with Crippen LogP contribution in [0.15, 0.2) is 36.4 Å². The number of pyridine rings is 1. The molecule has 21 heavy (non-hydrogen) atoms. The number of rotatable bonds is 6. The first-order chi connectivity index (χ1) is 10.1. The molecule has 0 aliphatic heterocycles. The van der Waals surface area contributed by atoms with Crippen LogP contribution in [0.2, 0.25) is 0 Å². The molecule has 0 fully saturated rings. The molecular weight excluding hydrogens is 284 g/mol. The molecule has 0 atom stereocenters. The Kier molecular flexibility index (Phi) is 5.05. The van der Waals surface area contributed by atoms with Crippen LogP contribution < -0.4 is 10.2 Å². The van der Waals surface area contributed by atoms with Gasteiger partial charge in [-0.05, 0) is 19.1 Å². The minimum Gasteiger partial charge on any atom is -0.353 e. The Bertz CT molecular complexity index is 621. The molecule has 0 aromatic carbocycles. The van der Waals surface area contributed by atoms with Crippen molar-refractivity contribution in [1.82, 2.24) is 15.3 Å². The molecule has 0 radical (unpaired) electrons. The summed E-state index contributed by atoms with van der Waals surface area (Å²) in [5.41, 5.74) is 1.57. The van der Waals surface area contributed by atoms with Gasteiger partial charge in [0.2, 0.25) is 0 Å². The Morgan fingerprint density at radius 1 is 1.52 bits per heavy atom. The first kappa shape index (κ1) is 15.2. The van der Waals surface area contributed by atoms with Crippen LogP contribution in [0.25, 0.3) is 0 Å². The number of aryl methyl sites for hydroxylation is 1. The van der Waals surface area contributed by atoms with Crippen LogP contribution in [0.3, 0.4) is 0 Å². The number of carbonyl (C=O) groups is 1. The van der Waals surface area contributed by atoms with Gasteiger partial charge in [-0.25, -0.2) is 9.97 Å². The lowest BCUT2D eigenvalue weighted by Gasteiger charge is -2.16. The minimum atomic E-state index is -0.146. The normalized spacial score (nSPS) is 10.2. The molecule has 0 unspecified atom stereocenters. The van der Waals surface area contributed by atoms with Crippen molar-refractivity contribution in [3.8, 4) is 0 Å². The smallest absolute Gasteiger partial charge is 0.253 e. The third-order valence-corrected chi connectivity index (χ3v) is 3.80. The van der Waals surface area contributed by atoms with Gasteiger partial charge in [-0.1, -0.05) is 6.08 Å². The van der Waals surface area contributed by atoms with E-state index in [2.05, 4.69) is 21.9 Å². The summed E-state index contributed by atoms with van der Waals surface area (Å²) in [6.07, 6.45) is 3.22. The molecule has 0 spiro atoms. The van der Waals surface area contributed by atoms with Gasteiger partial charge in [-0.3, -0.25) is 4.79 Å². The Morgan fingerprint density at radius 2 is 2.33 bits per heavy atom. The van der Waals surface area contributed by atoms with Gasteiger partial charge in [0, 0.05) is 30.9 Å². The number of carbonyl (C=O) groups excluding carboxylic acids is 1. The van der Waals surface area contributed by atoms with E-state index < -0.39 is 0 Å². The fraction of sp³-hybridized carbons (Fsp3) is 0.267. The Balaban J connectivity index is 2.00. The number of hydrogen-bond donors (Lipinski definition) is 1. The van der Waals surface area contributed by atoms with E-state index in [0.717, 1.165) is 16.5 Å². The Labute approximate surface area is 128 Å². The van der Waals surface area contributed by atoms with Gasteiger partial charge in [0.1, 0.15) is 10.8 Å². The summed E-state index contributed by atoms with van der Waals surface area (Å²) in [5.74, 6) is 0.662. The summed E-state index contributed by atoms with van der Waals surface area (Å²) in [5, 5.41) is 5.80.